The molecule has 0 N–H and O–H groups in total. The van der Waals surface area contributed by atoms with E-state index in [1.807, 2.05) is 13.8 Å². The van der Waals surface area contributed by atoms with Crippen molar-refractivity contribution < 1.29 is 4.42 Å². The van der Waals surface area contributed by atoms with E-state index in [1.165, 1.54) is 92.8 Å². The number of hydrogen-bond acceptors (Lipinski definition) is 2. The van der Waals surface area contributed by atoms with Crippen molar-refractivity contribution >= 4 is 94.2 Å². The second kappa shape index (κ2) is 8.55. The zero-order chi connectivity index (χ0) is 32.3. The Hall–Kier alpha value is -4.83. The van der Waals surface area contributed by atoms with E-state index in [4.69, 9.17) is 9.40 Å². The second-order valence-electron chi connectivity index (χ2n) is 15.6. The standard InChI is InChI=1S/C41H31BN2O.C2H6/c1-40(2,3)23-15-21-12-13-26-32-27-14-11-20-9-7-8-10-25(20)35(27)42-28-18-24(41(4,5)6)19-29-37(28)44-38(36(32)42)34-30(45-39(44)43-29)17-22(16-23)31(21)33(26)34;1-2/h7-19H,1-6H3;1-2H3. The molecule has 11 rings (SSSR count). The molecule has 2 aliphatic rings. The molecule has 0 aliphatic carbocycles. The molecule has 7 aromatic carbocycles. The van der Waals surface area contributed by atoms with Crippen LogP contribution in [0.4, 0.5) is 0 Å². The van der Waals surface area contributed by atoms with Crippen LogP contribution in [0.1, 0.15) is 66.5 Å². The highest BCUT2D eigenvalue weighted by atomic mass is 16.3. The van der Waals surface area contributed by atoms with Crippen LogP contribution < -0.4 is 16.4 Å². The number of hydrogen-bond donors (Lipinski definition) is 0. The van der Waals surface area contributed by atoms with Crippen LogP contribution in [0.25, 0.3) is 82.2 Å². The predicted octanol–water partition coefficient (Wildman–Crippen LogP) is 9.72. The van der Waals surface area contributed by atoms with Gasteiger partial charge in [-0.3, -0.25) is 4.40 Å². The van der Waals surface area contributed by atoms with Crippen molar-refractivity contribution in [3.05, 3.63) is 90.0 Å². The Morgan fingerprint density at radius 1 is 0.638 bits per heavy atom. The van der Waals surface area contributed by atoms with Gasteiger partial charge in [0.05, 0.1) is 16.6 Å². The van der Waals surface area contributed by atoms with E-state index >= 15 is 0 Å². The molecule has 0 amide bonds. The topological polar surface area (TPSA) is 30.4 Å². The normalized spacial score (nSPS) is 13.9. The summed E-state index contributed by atoms with van der Waals surface area (Å²) in [6.45, 7) is 17.9. The average Bonchev–Trinajstić information content (AvgIpc) is 3.60. The number of aromatic nitrogens is 2. The molecule has 4 heteroatoms. The van der Waals surface area contributed by atoms with Gasteiger partial charge in [-0.2, -0.15) is 4.98 Å². The van der Waals surface area contributed by atoms with Gasteiger partial charge in [0.15, 0.2) is 0 Å². The molecule has 0 atom stereocenters. The lowest BCUT2D eigenvalue weighted by atomic mass is 9.37. The maximum atomic E-state index is 6.87. The van der Waals surface area contributed by atoms with Gasteiger partial charge in [0.2, 0.25) is 6.71 Å². The first kappa shape index (κ1) is 27.3. The van der Waals surface area contributed by atoms with Crippen LogP contribution in [0.2, 0.25) is 0 Å². The summed E-state index contributed by atoms with van der Waals surface area (Å²) in [6, 6.07) is 30.2. The summed E-state index contributed by atoms with van der Waals surface area (Å²) in [6.07, 6.45) is 0. The molecule has 3 nitrogen and oxygen atoms in total. The first-order valence-corrected chi connectivity index (χ1v) is 17.2. The highest BCUT2D eigenvalue weighted by molar-refractivity contribution is 7.03. The van der Waals surface area contributed by atoms with Gasteiger partial charge in [0, 0.05) is 10.8 Å². The number of nitrogens with zero attached hydrogens (tertiary/aromatic N) is 2. The van der Waals surface area contributed by atoms with E-state index in [9.17, 15) is 0 Å². The Morgan fingerprint density at radius 2 is 1.36 bits per heavy atom. The van der Waals surface area contributed by atoms with Gasteiger partial charge in [-0.1, -0.05) is 128 Å². The molecule has 4 heterocycles. The molecule has 0 saturated carbocycles. The Morgan fingerprint density at radius 3 is 2.15 bits per heavy atom. The summed E-state index contributed by atoms with van der Waals surface area (Å²) >= 11 is 0. The largest absolute Gasteiger partial charge is 0.424 e. The minimum Gasteiger partial charge on any atom is -0.424 e. The minimum atomic E-state index is -0.0144. The third kappa shape index (κ3) is 3.22. The monoisotopic (exact) mass is 608 g/mol. The van der Waals surface area contributed by atoms with Crippen molar-refractivity contribution in [1.29, 1.82) is 0 Å². The number of imidazole rings is 1. The molecule has 0 radical (unpaired) electrons. The van der Waals surface area contributed by atoms with Crippen molar-refractivity contribution in [2.75, 3.05) is 0 Å². The summed E-state index contributed by atoms with van der Waals surface area (Å²) < 4.78 is 9.23. The maximum Gasteiger partial charge on any atom is 0.307 e. The highest BCUT2D eigenvalue weighted by Crippen LogP contribution is 2.48. The average molecular weight is 609 g/mol. The van der Waals surface area contributed by atoms with Crippen LogP contribution in [0.15, 0.2) is 83.3 Å². The summed E-state index contributed by atoms with van der Waals surface area (Å²) in [4.78, 5) is 5.23. The molecule has 228 valence electrons. The Bertz CT molecular complexity index is 2840. The summed E-state index contributed by atoms with van der Waals surface area (Å²) in [5.41, 5.74) is 14.0. The number of rotatable bonds is 0. The van der Waals surface area contributed by atoms with E-state index in [1.54, 1.807) is 0 Å². The molecule has 0 bridgehead atoms. The zero-order valence-corrected chi connectivity index (χ0v) is 28.4. The summed E-state index contributed by atoms with van der Waals surface area (Å²) in [5.74, 6) is 0.680. The lowest BCUT2D eigenvalue weighted by molar-refractivity contribution is 0.591. The van der Waals surface area contributed by atoms with Crippen LogP contribution in [-0.2, 0) is 10.8 Å². The number of benzene rings is 7. The van der Waals surface area contributed by atoms with Crippen molar-refractivity contribution in [3.8, 4) is 11.1 Å². The van der Waals surface area contributed by atoms with Crippen LogP contribution in [-0.4, -0.2) is 16.1 Å². The molecular weight excluding hydrogens is 571 g/mol. The van der Waals surface area contributed by atoms with Crippen LogP contribution in [0.3, 0.4) is 0 Å². The maximum absolute atomic E-state index is 6.87. The second-order valence-corrected chi connectivity index (χ2v) is 15.6. The first-order chi connectivity index (χ1) is 22.6. The van der Waals surface area contributed by atoms with E-state index < -0.39 is 0 Å². The predicted molar refractivity (Wildman–Crippen MR) is 203 cm³/mol. The van der Waals surface area contributed by atoms with E-state index in [-0.39, 0.29) is 17.5 Å². The molecule has 2 aromatic heterocycles. The van der Waals surface area contributed by atoms with Crippen LogP contribution in [0.5, 0.6) is 0 Å². The van der Waals surface area contributed by atoms with E-state index in [0.29, 0.717) is 5.84 Å². The molecule has 0 spiro atoms. The molecule has 0 saturated heterocycles. The van der Waals surface area contributed by atoms with Gasteiger partial charge in [-0.05, 0) is 88.5 Å². The summed E-state index contributed by atoms with van der Waals surface area (Å²) in [7, 11) is 0. The Balaban J connectivity index is 0.00000140. The molecule has 2 aliphatic heterocycles. The van der Waals surface area contributed by atoms with Gasteiger partial charge >= 0.3 is 5.84 Å². The van der Waals surface area contributed by atoms with Crippen LogP contribution >= 0.6 is 0 Å². The smallest absolute Gasteiger partial charge is 0.307 e. The molecule has 0 fully saturated rings. The van der Waals surface area contributed by atoms with E-state index in [0.717, 1.165) is 11.1 Å². The van der Waals surface area contributed by atoms with E-state index in [2.05, 4.69) is 125 Å². The quantitative estimate of drug-likeness (QED) is 0.0975. The van der Waals surface area contributed by atoms with Gasteiger partial charge in [0.25, 0.3) is 0 Å². The first-order valence-electron chi connectivity index (χ1n) is 17.2. The fourth-order valence-corrected chi connectivity index (χ4v) is 8.89. The van der Waals surface area contributed by atoms with Crippen molar-refractivity contribution in [1.82, 2.24) is 9.38 Å². The lowest BCUT2D eigenvalue weighted by Crippen LogP contribution is -2.52. The van der Waals surface area contributed by atoms with Gasteiger partial charge in [0.1, 0.15) is 5.58 Å². The molecule has 9 aromatic rings. The lowest BCUT2D eigenvalue weighted by Gasteiger charge is -2.27. The van der Waals surface area contributed by atoms with Gasteiger partial charge < -0.3 is 4.42 Å². The Labute approximate surface area is 274 Å². The fraction of sp³-hybridized carbons (Fsp3) is 0.233. The molecule has 0 unspecified atom stereocenters. The van der Waals surface area contributed by atoms with Gasteiger partial charge in [-0.25, -0.2) is 0 Å². The fourth-order valence-electron chi connectivity index (χ4n) is 8.89. The highest BCUT2D eigenvalue weighted by Gasteiger charge is 2.44. The van der Waals surface area contributed by atoms with Gasteiger partial charge in [-0.15, -0.1) is 0 Å². The summed E-state index contributed by atoms with van der Waals surface area (Å²) in [5, 5.41) is 10.4. The third-order valence-electron chi connectivity index (χ3n) is 11.0. The van der Waals surface area contributed by atoms with Crippen molar-refractivity contribution in [3.63, 3.8) is 0 Å². The van der Waals surface area contributed by atoms with Crippen molar-refractivity contribution in [2.45, 2.75) is 66.2 Å². The van der Waals surface area contributed by atoms with Crippen LogP contribution in [0, 0.1) is 0 Å². The third-order valence-corrected chi connectivity index (χ3v) is 11.0. The molecule has 47 heavy (non-hydrogen) atoms. The minimum absolute atomic E-state index is 0.0144. The number of fused-ring (bicyclic) bond motifs is 7. The molecular formula is C43H37BN2O. The SMILES string of the molecule is CC.CC(C)(C)c1cc2ccc3c4c5c6c7c(cc(c1)c2c37)oc1nc2cc(C(C)(C)C)cc(c2n16)B5c1c-4ccc2ccccc12. The van der Waals surface area contributed by atoms with Crippen molar-refractivity contribution in [2.24, 2.45) is 0 Å². The zero-order valence-electron chi connectivity index (χ0n) is 28.4. The Kier molecular flexibility index (Phi) is 4.97.